The second kappa shape index (κ2) is 4.98. The van der Waals surface area contributed by atoms with Crippen LogP contribution < -0.4 is 0 Å². The van der Waals surface area contributed by atoms with E-state index < -0.39 is 11.9 Å². The van der Waals surface area contributed by atoms with Crippen molar-refractivity contribution in [2.75, 3.05) is 0 Å². The molecule has 0 saturated carbocycles. The third-order valence-electron chi connectivity index (χ3n) is 2.49. The van der Waals surface area contributed by atoms with E-state index in [1.807, 2.05) is 36.7 Å². The quantitative estimate of drug-likeness (QED) is 0.919. The molecular weight excluding hydrogens is 254 g/mol. The molecule has 0 fully saturated rings. The van der Waals surface area contributed by atoms with Crippen LogP contribution in [-0.2, 0) is 4.79 Å². The molecule has 0 saturated heterocycles. The number of carboxylic acid groups (broad SMARTS) is 1. The number of nitrogens with zero attached hydrogens (tertiary/aromatic N) is 1. The molecule has 2 heterocycles. The van der Waals surface area contributed by atoms with Crippen molar-refractivity contribution < 1.29 is 9.90 Å². The van der Waals surface area contributed by atoms with Crippen molar-refractivity contribution in [3.05, 3.63) is 27.9 Å². The Kier molecular flexibility index (Phi) is 3.59. The third kappa shape index (κ3) is 2.56. The average Bonchev–Trinajstić information content (AvgIpc) is 2.83. The van der Waals surface area contributed by atoms with Gasteiger partial charge in [0.25, 0.3) is 0 Å². The first-order valence-corrected chi connectivity index (χ1v) is 7.07. The summed E-state index contributed by atoms with van der Waals surface area (Å²) < 4.78 is 0. The third-order valence-corrected chi connectivity index (χ3v) is 4.31. The van der Waals surface area contributed by atoms with Crippen LogP contribution >= 0.6 is 22.7 Å². The molecule has 17 heavy (non-hydrogen) atoms. The number of hydrogen-bond acceptors (Lipinski definition) is 4. The highest BCUT2D eigenvalue weighted by Crippen LogP contribution is 2.32. The molecule has 2 aromatic heterocycles. The molecule has 1 unspecified atom stereocenters. The van der Waals surface area contributed by atoms with Crippen LogP contribution in [0.1, 0.15) is 24.8 Å². The molecule has 0 aliphatic rings. The van der Waals surface area contributed by atoms with Crippen LogP contribution in [0.15, 0.2) is 22.9 Å². The van der Waals surface area contributed by atoms with Gasteiger partial charge in [0.15, 0.2) is 0 Å². The molecule has 5 heteroatoms. The minimum absolute atomic E-state index is 0.0508. The summed E-state index contributed by atoms with van der Waals surface area (Å²) in [7, 11) is 0. The zero-order valence-electron chi connectivity index (χ0n) is 9.58. The van der Waals surface area contributed by atoms with Gasteiger partial charge in [-0.15, -0.1) is 22.7 Å². The largest absolute Gasteiger partial charge is 0.481 e. The summed E-state index contributed by atoms with van der Waals surface area (Å²) in [6.45, 7) is 3.82. The Bertz CT molecular complexity index is 502. The van der Waals surface area contributed by atoms with E-state index >= 15 is 0 Å². The van der Waals surface area contributed by atoms with Gasteiger partial charge in [-0.2, -0.15) is 0 Å². The fourth-order valence-corrected chi connectivity index (χ4v) is 3.49. The zero-order chi connectivity index (χ0) is 12.4. The number of carbonyl (C=O) groups is 1. The lowest BCUT2D eigenvalue weighted by Gasteiger charge is -2.12. The second-order valence-electron chi connectivity index (χ2n) is 4.11. The summed E-state index contributed by atoms with van der Waals surface area (Å²) >= 11 is 3.04. The molecule has 90 valence electrons. The molecule has 0 aliphatic heterocycles. The standard InChI is InChI=1S/C12H13NO2S2/c1-7(2)10(12(14)15)11-13-8(6-17-11)9-4-3-5-16-9/h3-7,10H,1-2H3,(H,14,15). The van der Waals surface area contributed by atoms with E-state index in [1.165, 1.54) is 11.3 Å². The molecule has 1 N–H and O–H groups in total. The van der Waals surface area contributed by atoms with E-state index in [-0.39, 0.29) is 5.92 Å². The Balaban J connectivity index is 2.31. The highest BCUT2D eigenvalue weighted by molar-refractivity contribution is 7.14. The van der Waals surface area contributed by atoms with Crippen molar-refractivity contribution in [3.8, 4) is 10.6 Å². The van der Waals surface area contributed by atoms with Crippen LogP contribution in [0, 0.1) is 5.92 Å². The van der Waals surface area contributed by atoms with Crippen LogP contribution in [0.3, 0.4) is 0 Å². The average molecular weight is 267 g/mol. The number of aliphatic carboxylic acids is 1. The van der Waals surface area contributed by atoms with Crippen molar-refractivity contribution in [1.29, 1.82) is 0 Å². The van der Waals surface area contributed by atoms with Crippen molar-refractivity contribution in [3.63, 3.8) is 0 Å². The van der Waals surface area contributed by atoms with Crippen LogP contribution in [0.5, 0.6) is 0 Å². The predicted molar refractivity (Wildman–Crippen MR) is 70.6 cm³/mol. The fraction of sp³-hybridized carbons (Fsp3) is 0.333. The first kappa shape index (κ1) is 12.3. The van der Waals surface area contributed by atoms with Crippen molar-refractivity contribution in [2.45, 2.75) is 19.8 Å². The van der Waals surface area contributed by atoms with Gasteiger partial charge in [0, 0.05) is 5.38 Å². The van der Waals surface area contributed by atoms with Gasteiger partial charge in [0.05, 0.1) is 10.6 Å². The Morgan fingerprint density at radius 3 is 2.71 bits per heavy atom. The Hall–Kier alpha value is -1.20. The summed E-state index contributed by atoms with van der Waals surface area (Å²) in [5.41, 5.74) is 0.881. The zero-order valence-corrected chi connectivity index (χ0v) is 11.2. The first-order valence-electron chi connectivity index (χ1n) is 5.31. The fourth-order valence-electron chi connectivity index (χ4n) is 1.64. The molecule has 1 atom stereocenters. The van der Waals surface area contributed by atoms with E-state index in [0.717, 1.165) is 10.6 Å². The summed E-state index contributed by atoms with van der Waals surface area (Å²) in [4.78, 5) is 16.7. The van der Waals surface area contributed by atoms with E-state index in [9.17, 15) is 9.90 Å². The molecule has 0 aliphatic carbocycles. The molecule has 0 spiro atoms. The Morgan fingerprint density at radius 1 is 1.41 bits per heavy atom. The molecular formula is C12H13NO2S2. The van der Waals surface area contributed by atoms with Crippen LogP contribution in [-0.4, -0.2) is 16.1 Å². The summed E-state index contributed by atoms with van der Waals surface area (Å²) in [5.74, 6) is -1.25. The van der Waals surface area contributed by atoms with Gasteiger partial charge in [-0.3, -0.25) is 4.79 Å². The van der Waals surface area contributed by atoms with E-state index in [4.69, 9.17) is 0 Å². The highest BCUT2D eigenvalue weighted by atomic mass is 32.1. The lowest BCUT2D eigenvalue weighted by Crippen LogP contribution is -2.17. The van der Waals surface area contributed by atoms with Gasteiger partial charge >= 0.3 is 5.97 Å². The van der Waals surface area contributed by atoms with Crippen LogP contribution in [0.25, 0.3) is 10.6 Å². The molecule has 0 aromatic carbocycles. The lowest BCUT2D eigenvalue weighted by molar-refractivity contribution is -0.139. The normalized spacial score (nSPS) is 12.9. The van der Waals surface area contributed by atoms with Gasteiger partial charge < -0.3 is 5.11 Å². The molecule has 0 amide bonds. The van der Waals surface area contributed by atoms with E-state index in [1.54, 1.807) is 11.3 Å². The molecule has 2 aromatic rings. The predicted octanol–water partition coefficient (Wildman–Crippen LogP) is 3.70. The van der Waals surface area contributed by atoms with Gasteiger partial charge in [0.1, 0.15) is 10.9 Å². The smallest absolute Gasteiger partial charge is 0.313 e. The first-order chi connectivity index (χ1) is 8.09. The number of thiazole rings is 1. The van der Waals surface area contributed by atoms with Crippen LogP contribution in [0.2, 0.25) is 0 Å². The highest BCUT2D eigenvalue weighted by Gasteiger charge is 2.26. The summed E-state index contributed by atoms with van der Waals surface area (Å²) in [5, 5.41) is 13.8. The van der Waals surface area contributed by atoms with Crippen molar-refractivity contribution >= 4 is 28.6 Å². The maximum absolute atomic E-state index is 11.2. The number of carboxylic acids is 1. The maximum atomic E-state index is 11.2. The Morgan fingerprint density at radius 2 is 2.18 bits per heavy atom. The lowest BCUT2D eigenvalue weighted by atomic mass is 9.97. The van der Waals surface area contributed by atoms with Crippen LogP contribution in [0.4, 0.5) is 0 Å². The van der Waals surface area contributed by atoms with Gasteiger partial charge in [-0.1, -0.05) is 19.9 Å². The Labute approximate surface area is 108 Å². The summed E-state index contributed by atoms with van der Waals surface area (Å²) in [6.07, 6.45) is 0. The molecule has 0 radical (unpaired) electrons. The van der Waals surface area contributed by atoms with Crippen molar-refractivity contribution in [2.24, 2.45) is 5.92 Å². The maximum Gasteiger partial charge on any atom is 0.313 e. The number of aromatic nitrogens is 1. The topological polar surface area (TPSA) is 50.2 Å². The number of hydrogen-bond donors (Lipinski definition) is 1. The molecule has 0 bridgehead atoms. The SMILES string of the molecule is CC(C)C(C(=O)O)c1nc(-c2cccs2)cs1. The van der Waals surface area contributed by atoms with Gasteiger partial charge in [0.2, 0.25) is 0 Å². The van der Waals surface area contributed by atoms with Gasteiger partial charge in [-0.25, -0.2) is 4.98 Å². The van der Waals surface area contributed by atoms with E-state index in [2.05, 4.69) is 4.98 Å². The van der Waals surface area contributed by atoms with Crippen molar-refractivity contribution in [1.82, 2.24) is 4.98 Å². The molecule has 2 rings (SSSR count). The number of rotatable bonds is 4. The van der Waals surface area contributed by atoms with E-state index in [0.29, 0.717) is 5.01 Å². The minimum atomic E-state index is -0.799. The second-order valence-corrected chi connectivity index (χ2v) is 5.95. The monoisotopic (exact) mass is 267 g/mol. The number of thiophene rings is 1. The van der Waals surface area contributed by atoms with Gasteiger partial charge in [-0.05, 0) is 17.4 Å². The minimum Gasteiger partial charge on any atom is -0.481 e. The molecule has 3 nitrogen and oxygen atoms in total. The summed E-state index contributed by atoms with van der Waals surface area (Å²) in [6, 6.07) is 3.96.